The lowest BCUT2D eigenvalue weighted by Gasteiger charge is -2.03. The zero-order chi connectivity index (χ0) is 17.0. The van der Waals surface area contributed by atoms with Crippen molar-refractivity contribution in [2.24, 2.45) is 10.9 Å². The zero-order valence-electron chi connectivity index (χ0n) is 12.0. The summed E-state index contributed by atoms with van der Waals surface area (Å²) in [5.41, 5.74) is 6.82. The molecule has 0 fully saturated rings. The van der Waals surface area contributed by atoms with Gasteiger partial charge in [-0.25, -0.2) is 4.79 Å². The second-order valence-corrected chi connectivity index (χ2v) is 5.87. The Kier molecular flexibility index (Phi) is 5.27. The summed E-state index contributed by atoms with van der Waals surface area (Å²) in [4.78, 5) is 26.9. The van der Waals surface area contributed by atoms with Crippen molar-refractivity contribution in [1.82, 2.24) is 0 Å². The van der Waals surface area contributed by atoms with Crippen molar-refractivity contribution >= 4 is 40.1 Å². The first-order valence-electron chi connectivity index (χ1n) is 6.44. The number of rotatable bonds is 4. The third-order valence-corrected chi connectivity index (χ3v) is 3.72. The molecule has 0 aliphatic rings. The number of oxime groups is 1. The number of hydrogen-bond acceptors (Lipinski definition) is 5. The summed E-state index contributed by atoms with van der Waals surface area (Å²) in [6, 6.07) is 11.1. The second kappa shape index (κ2) is 7.18. The lowest BCUT2D eigenvalue weighted by Crippen LogP contribution is -2.15. The molecule has 0 saturated heterocycles. The van der Waals surface area contributed by atoms with Crippen LogP contribution in [0, 0.1) is 20.6 Å². The fraction of sp³-hybridized carbons (Fsp3) is 0.0667. The number of nitro groups is 1. The van der Waals surface area contributed by atoms with Crippen molar-refractivity contribution in [3.05, 3.63) is 72.8 Å². The molecular weight excluding hydrogens is 413 g/mol. The summed E-state index contributed by atoms with van der Waals surface area (Å²) in [5, 5.41) is 14.3. The van der Waals surface area contributed by atoms with Crippen molar-refractivity contribution < 1.29 is 14.6 Å². The van der Waals surface area contributed by atoms with Crippen LogP contribution in [0.15, 0.2) is 47.6 Å². The average Bonchev–Trinajstić information content (AvgIpc) is 2.52. The number of nitrogens with zero attached hydrogens (tertiary/aromatic N) is 2. The predicted octanol–water partition coefficient (Wildman–Crippen LogP) is 2.99. The van der Waals surface area contributed by atoms with Crippen LogP contribution < -0.4 is 5.73 Å². The molecule has 0 aromatic heterocycles. The highest BCUT2D eigenvalue weighted by Gasteiger charge is 2.15. The van der Waals surface area contributed by atoms with Gasteiger partial charge in [0, 0.05) is 20.8 Å². The third-order valence-electron chi connectivity index (χ3n) is 3.00. The van der Waals surface area contributed by atoms with Gasteiger partial charge in [-0.05, 0) is 53.8 Å². The highest BCUT2D eigenvalue weighted by atomic mass is 127. The molecule has 0 heterocycles. The summed E-state index contributed by atoms with van der Waals surface area (Å²) < 4.78 is 1.04. The van der Waals surface area contributed by atoms with Crippen molar-refractivity contribution in [2.75, 3.05) is 0 Å². The predicted molar refractivity (Wildman–Crippen MR) is 93.1 cm³/mol. The number of halogens is 1. The largest absolute Gasteiger partial charge is 0.380 e. The van der Waals surface area contributed by atoms with E-state index in [4.69, 9.17) is 10.6 Å². The van der Waals surface area contributed by atoms with E-state index in [1.807, 2.05) is 12.1 Å². The van der Waals surface area contributed by atoms with Crippen LogP contribution in [0.2, 0.25) is 0 Å². The molecule has 8 heteroatoms. The van der Waals surface area contributed by atoms with Gasteiger partial charge in [-0.15, -0.1) is 0 Å². The van der Waals surface area contributed by atoms with E-state index in [9.17, 15) is 14.9 Å². The molecule has 0 atom stereocenters. The second-order valence-electron chi connectivity index (χ2n) is 4.62. The van der Waals surface area contributed by atoms with E-state index in [1.54, 1.807) is 12.1 Å². The molecule has 2 aromatic rings. The first-order chi connectivity index (χ1) is 10.9. The lowest BCUT2D eigenvalue weighted by molar-refractivity contribution is -0.385. The van der Waals surface area contributed by atoms with Crippen LogP contribution in [0.25, 0.3) is 0 Å². The lowest BCUT2D eigenvalue weighted by atomic mass is 10.1. The fourth-order valence-electron chi connectivity index (χ4n) is 1.80. The van der Waals surface area contributed by atoms with Gasteiger partial charge in [-0.2, -0.15) is 0 Å². The molecule has 0 aliphatic carbocycles. The van der Waals surface area contributed by atoms with Crippen molar-refractivity contribution in [3.63, 3.8) is 0 Å². The minimum absolute atomic E-state index is 0.0633. The van der Waals surface area contributed by atoms with Gasteiger partial charge in [0.2, 0.25) is 0 Å². The molecule has 0 saturated carbocycles. The molecule has 0 aliphatic heterocycles. The van der Waals surface area contributed by atoms with Gasteiger partial charge in [0.15, 0.2) is 5.84 Å². The Morgan fingerprint density at radius 2 is 1.83 bits per heavy atom. The van der Waals surface area contributed by atoms with Crippen molar-refractivity contribution in [3.8, 4) is 0 Å². The number of nitro benzene ring substituents is 1. The maximum Gasteiger partial charge on any atom is 0.365 e. The summed E-state index contributed by atoms with van der Waals surface area (Å²) in [5.74, 6) is -0.676. The van der Waals surface area contributed by atoms with Gasteiger partial charge in [0.05, 0.1) is 10.5 Å². The zero-order valence-corrected chi connectivity index (χ0v) is 14.2. The average molecular weight is 425 g/mol. The minimum atomic E-state index is -0.739. The SMILES string of the molecule is Cc1cc(C(=O)O/N=C(\N)c2ccc(I)cc2)ccc1[N+](=O)[O-]. The van der Waals surface area contributed by atoms with E-state index in [0.29, 0.717) is 11.1 Å². The quantitative estimate of drug-likeness (QED) is 0.202. The first-order valence-corrected chi connectivity index (χ1v) is 7.52. The number of aryl methyl sites for hydroxylation is 1. The number of benzene rings is 2. The number of nitrogens with two attached hydrogens (primary N) is 1. The molecule has 0 radical (unpaired) electrons. The molecule has 2 N–H and O–H groups in total. The van der Waals surface area contributed by atoms with Crippen LogP contribution >= 0.6 is 22.6 Å². The van der Waals surface area contributed by atoms with Gasteiger partial charge < -0.3 is 10.6 Å². The summed E-state index contributed by atoms with van der Waals surface area (Å²) in [7, 11) is 0. The van der Waals surface area contributed by atoms with Crippen LogP contribution in [-0.2, 0) is 4.84 Å². The Bertz CT molecular complexity index is 788. The smallest absolute Gasteiger partial charge is 0.365 e. The number of carbonyl (C=O) groups is 1. The summed E-state index contributed by atoms with van der Waals surface area (Å²) in [6.07, 6.45) is 0. The molecular formula is C15H12IN3O4. The summed E-state index contributed by atoms with van der Waals surface area (Å²) >= 11 is 2.16. The van der Waals surface area contributed by atoms with E-state index >= 15 is 0 Å². The first kappa shape index (κ1) is 16.9. The van der Waals surface area contributed by atoms with Crippen LogP contribution in [-0.4, -0.2) is 16.7 Å². The molecule has 0 amide bonds. The molecule has 0 spiro atoms. The number of amidine groups is 1. The van der Waals surface area contributed by atoms with Gasteiger partial charge in [-0.3, -0.25) is 10.1 Å². The third kappa shape index (κ3) is 4.25. The van der Waals surface area contributed by atoms with E-state index < -0.39 is 10.9 Å². The molecule has 0 bridgehead atoms. The van der Waals surface area contributed by atoms with Crippen LogP contribution in [0.3, 0.4) is 0 Å². The molecule has 23 heavy (non-hydrogen) atoms. The van der Waals surface area contributed by atoms with Crippen LogP contribution in [0.4, 0.5) is 5.69 Å². The van der Waals surface area contributed by atoms with Crippen molar-refractivity contribution in [2.45, 2.75) is 6.92 Å². The van der Waals surface area contributed by atoms with E-state index in [-0.39, 0.29) is 17.1 Å². The van der Waals surface area contributed by atoms with Gasteiger partial charge in [0.25, 0.3) is 5.69 Å². The molecule has 2 aromatic carbocycles. The minimum Gasteiger partial charge on any atom is -0.380 e. The van der Waals surface area contributed by atoms with E-state index in [2.05, 4.69) is 27.7 Å². The maximum absolute atomic E-state index is 11.9. The molecule has 7 nitrogen and oxygen atoms in total. The monoisotopic (exact) mass is 425 g/mol. The Morgan fingerprint density at radius 3 is 2.39 bits per heavy atom. The highest BCUT2D eigenvalue weighted by molar-refractivity contribution is 14.1. The number of hydrogen-bond donors (Lipinski definition) is 1. The molecule has 2 rings (SSSR count). The molecule has 118 valence electrons. The maximum atomic E-state index is 11.9. The standard InChI is InChI=1S/C15H12IN3O4/c1-9-8-11(4-7-13(9)19(21)22)15(20)23-18-14(17)10-2-5-12(16)6-3-10/h2-8H,1H3,(H2,17,18). The van der Waals surface area contributed by atoms with E-state index in [0.717, 1.165) is 3.57 Å². The van der Waals surface area contributed by atoms with Crippen LogP contribution in [0.1, 0.15) is 21.5 Å². The van der Waals surface area contributed by atoms with Gasteiger partial charge in [0.1, 0.15) is 0 Å². The summed E-state index contributed by atoms with van der Waals surface area (Å²) in [6.45, 7) is 1.54. The van der Waals surface area contributed by atoms with E-state index in [1.165, 1.54) is 25.1 Å². The normalized spacial score (nSPS) is 11.1. The Labute approximate surface area is 145 Å². The topological polar surface area (TPSA) is 108 Å². The Morgan fingerprint density at radius 1 is 1.22 bits per heavy atom. The number of carbonyl (C=O) groups excluding carboxylic acids is 1. The highest BCUT2D eigenvalue weighted by Crippen LogP contribution is 2.19. The van der Waals surface area contributed by atoms with Crippen LogP contribution in [0.5, 0.6) is 0 Å². The molecule has 0 unspecified atom stereocenters. The van der Waals surface area contributed by atoms with Gasteiger partial charge in [-0.1, -0.05) is 17.3 Å². The van der Waals surface area contributed by atoms with Gasteiger partial charge >= 0.3 is 5.97 Å². The van der Waals surface area contributed by atoms with Crippen molar-refractivity contribution in [1.29, 1.82) is 0 Å². The Hall–Kier alpha value is -2.49. The fourth-order valence-corrected chi connectivity index (χ4v) is 2.16. The Balaban J connectivity index is 2.12.